The molecule has 2 rings (SSSR count). The zero-order valence-corrected chi connectivity index (χ0v) is 12.2. The van der Waals surface area contributed by atoms with Crippen molar-refractivity contribution >= 4 is 5.91 Å². The first-order valence-electron chi connectivity index (χ1n) is 7.76. The minimum absolute atomic E-state index is 0.164. The molecule has 1 saturated heterocycles. The quantitative estimate of drug-likeness (QED) is 0.815. The molecule has 3 N–H and O–H groups in total. The van der Waals surface area contributed by atoms with Crippen LogP contribution in [0, 0.1) is 17.8 Å². The first-order valence-corrected chi connectivity index (χ1v) is 7.76. The molecule has 0 spiro atoms. The summed E-state index contributed by atoms with van der Waals surface area (Å²) in [5, 5.41) is 3.13. The molecule has 1 aliphatic carbocycles. The van der Waals surface area contributed by atoms with Gasteiger partial charge in [-0.2, -0.15) is 0 Å². The third-order valence-corrected chi connectivity index (χ3v) is 4.89. The maximum Gasteiger partial charge on any atom is 0.223 e. The minimum Gasteiger partial charge on any atom is -0.378 e. The molecular weight excluding hydrogens is 240 g/mol. The lowest BCUT2D eigenvalue weighted by Crippen LogP contribution is -2.42. The van der Waals surface area contributed by atoms with E-state index in [1.54, 1.807) is 0 Å². The Kier molecular flexibility index (Phi) is 5.22. The second kappa shape index (κ2) is 6.71. The SMILES string of the molecule is CCC1OCCC1CNC(=O)C1CCC(N)C(C)C1. The summed E-state index contributed by atoms with van der Waals surface area (Å²) in [6.45, 7) is 5.92. The summed E-state index contributed by atoms with van der Waals surface area (Å²) in [4.78, 5) is 12.2. The van der Waals surface area contributed by atoms with Gasteiger partial charge in [-0.05, 0) is 38.0 Å². The van der Waals surface area contributed by atoms with E-state index in [1.807, 2.05) is 0 Å². The van der Waals surface area contributed by atoms with E-state index in [1.165, 1.54) is 0 Å². The Bertz CT molecular complexity index is 309. The highest BCUT2D eigenvalue weighted by Gasteiger charge is 2.31. The van der Waals surface area contributed by atoms with Crippen molar-refractivity contribution in [3.05, 3.63) is 0 Å². The molecule has 110 valence electrons. The highest BCUT2D eigenvalue weighted by Crippen LogP contribution is 2.28. The topological polar surface area (TPSA) is 64.3 Å². The van der Waals surface area contributed by atoms with Gasteiger partial charge in [0, 0.05) is 31.0 Å². The average molecular weight is 268 g/mol. The molecule has 2 aliphatic rings. The highest BCUT2D eigenvalue weighted by molar-refractivity contribution is 5.78. The van der Waals surface area contributed by atoms with Crippen LogP contribution in [-0.2, 0) is 9.53 Å². The molecule has 0 aromatic carbocycles. The lowest BCUT2D eigenvalue weighted by molar-refractivity contribution is -0.126. The molecule has 2 fully saturated rings. The van der Waals surface area contributed by atoms with Crippen molar-refractivity contribution in [1.29, 1.82) is 0 Å². The van der Waals surface area contributed by atoms with Crippen molar-refractivity contribution in [3.8, 4) is 0 Å². The normalized spacial score (nSPS) is 39.2. The van der Waals surface area contributed by atoms with Gasteiger partial charge in [0.1, 0.15) is 0 Å². The molecule has 0 aromatic heterocycles. The second-order valence-electron chi connectivity index (χ2n) is 6.26. The summed E-state index contributed by atoms with van der Waals surface area (Å²) in [7, 11) is 0. The van der Waals surface area contributed by atoms with Crippen LogP contribution in [0.5, 0.6) is 0 Å². The first kappa shape index (κ1) is 14.8. The number of rotatable bonds is 4. The fraction of sp³-hybridized carbons (Fsp3) is 0.933. The van der Waals surface area contributed by atoms with E-state index in [2.05, 4.69) is 19.2 Å². The average Bonchev–Trinajstić information content (AvgIpc) is 2.86. The lowest BCUT2D eigenvalue weighted by atomic mass is 9.79. The third kappa shape index (κ3) is 3.69. The number of hydrogen-bond acceptors (Lipinski definition) is 3. The van der Waals surface area contributed by atoms with Gasteiger partial charge in [-0.1, -0.05) is 13.8 Å². The summed E-state index contributed by atoms with van der Waals surface area (Å²) in [5.41, 5.74) is 6.00. The molecular formula is C15H28N2O2. The zero-order valence-electron chi connectivity index (χ0n) is 12.2. The van der Waals surface area contributed by atoms with Gasteiger partial charge >= 0.3 is 0 Å². The standard InChI is InChI=1S/C15H28N2O2/c1-3-14-12(6-7-19-14)9-17-15(18)11-4-5-13(16)10(2)8-11/h10-14H,3-9,16H2,1-2H3,(H,17,18). The maximum atomic E-state index is 12.2. The van der Waals surface area contributed by atoms with Crippen molar-refractivity contribution in [2.45, 2.75) is 58.1 Å². The molecule has 4 nitrogen and oxygen atoms in total. The van der Waals surface area contributed by atoms with Crippen molar-refractivity contribution in [2.24, 2.45) is 23.5 Å². The number of nitrogens with two attached hydrogens (primary N) is 1. The molecule has 1 amide bonds. The fourth-order valence-electron chi connectivity index (χ4n) is 3.41. The van der Waals surface area contributed by atoms with Crippen LogP contribution < -0.4 is 11.1 Å². The highest BCUT2D eigenvalue weighted by atomic mass is 16.5. The molecule has 4 heteroatoms. The summed E-state index contributed by atoms with van der Waals surface area (Å²) < 4.78 is 5.66. The van der Waals surface area contributed by atoms with E-state index >= 15 is 0 Å². The fourth-order valence-corrected chi connectivity index (χ4v) is 3.41. The number of carbonyl (C=O) groups excluding carboxylic acids is 1. The number of nitrogens with one attached hydrogen (secondary N) is 1. The molecule has 1 aliphatic heterocycles. The van der Waals surface area contributed by atoms with Gasteiger partial charge in [0.25, 0.3) is 0 Å². The van der Waals surface area contributed by atoms with E-state index in [0.717, 1.165) is 45.3 Å². The van der Waals surface area contributed by atoms with Crippen LogP contribution in [-0.4, -0.2) is 31.2 Å². The van der Waals surface area contributed by atoms with Crippen molar-refractivity contribution in [1.82, 2.24) is 5.32 Å². The van der Waals surface area contributed by atoms with Gasteiger partial charge in [0.15, 0.2) is 0 Å². The van der Waals surface area contributed by atoms with E-state index in [9.17, 15) is 4.79 Å². The largest absolute Gasteiger partial charge is 0.378 e. The molecule has 5 atom stereocenters. The van der Waals surface area contributed by atoms with E-state index < -0.39 is 0 Å². The van der Waals surface area contributed by atoms with Gasteiger partial charge in [0.05, 0.1) is 6.10 Å². The lowest BCUT2D eigenvalue weighted by Gasteiger charge is -2.31. The maximum absolute atomic E-state index is 12.2. The molecule has 0 aromatic rings. The Morgan fingerprint density at radius 2 is 2.16 bits per heavy atom. The van der Waals surface area contributed by atoms with Crippen molar-refractivity contribution in [3.63, 3.8) is 0 Å². The molecule has 0 bridgehead atoms. The van der Waals surface area contributed by atoms with Crippen LogP contribution in [0.4, 0.5) is 0 Å². The summed E-state index contributed by atoms with van der Waals surface area (Å²) in [6, 6.07) is 0.275. The smallest absolute Gasteiger partial charge is 0.223 e. The number of amides is 1. The first-order chi connectivity index (χ1) is 9.11. The van der Waals surface area contributed by atoms with Crippen LogP contribution >= 0.6 is 0 Å². The van der Waals surface area contributed by atoms with Gasteiger partial charge < -0.3 is 15.8 Å². The number of carbonyl (C=O) groups is 1. The Morgan fingerprint density at radius 1 is 1.37 bits per heavy atom. The van der Waals surface area contributed by atoms with Crippen molar-refractivity contribution in [2.75, 3.05) is 13.2 Å². The summed E-state index contributed by atoms with van der Waals surface area (Å²) in [5.74, 6) is 1.35. The Balaban J connectivity index is 1.75. The monoisotopic (exact) mass is 268 g/mol. The van der Waals surface area contributed by atoms with E-state index in [0.29, 0.717) is 17.9 Å². The Labute approximate surface area is 116 Å². The Hall–Kier alpha value is -0.610. The van der Waals surface area contributed by atoms with Crippen LogP contribution in [0.25, 0.3) is 0 Å². The van der Waals surface area contributed by atoms with E-state index in [-0.39, 0.29) is 17.9 Å². The van der Waals surface area contributed by atoms with Crippen LogP contribution in [0.15, 0.2) is 0 Å². The van der Waals surface area contributed by atoms with E-state index in [4.69, 9.17) is 10.5 Å². The molecule has 0 radical (unpaired) electrons. The predicted molar refractivity (Wildman–Crippen MR) is 75.6 cm³/mol. The van der Waals surface area contributed by atoms with Gasteiger partial charge in [-0.25, -0.2) is 0 Å². The van der Waals surface area contributed by atoms with Crippen LogP contribution in [0.1, 0.15) is 46.0 Å². The molecule has 19 heavy (non-hydrogen) atoms. The molecule has 5 unspecified atom stereocenters. The third-order valence-electron chi connectivity index (χ3n) is 4.89. The number of ether oxygens (including phenoxy) is 1. The van der Waals surface area contributed by atoms with Gasteiger partial charge in [-0.3, -0.25) is 4.79 Å². The zero-order chi connectivity index (χ0) is 13.8. The minimum atomic E-state index is 0.164. The van der Waals surface area contributed by atoms with Crippen LogP contribution in [0.2, 0.25) is 0 Å². The van der Waals surface area contributed by atoms with Gasteiger partial charge in [-0.15, -0.1) is 0 Å². The van der Waals surface area contributed by atoms with Crippen molar-refractivity contribution < 1.29 is 9.53 Å². The predicted octanol–water partition coefficient (Wildman–Crippen LogP) is 1.68. The van der Waals surface area contributed by atoms with Gasteiger partial charge in [0.2, 0.25) is 5.91 Å². The second-order valence-corrected chi connectivity index (χ2v) is 6.26. The summed E-state index contributed by atoms with van der Waals surface area (Å²) >= 11 is 0. The van der Waals surface area contributed by atoms with Crippen LogP contribution in [0.3, 0.4) is 0 Å². The summed E-state index contributed by atoms with van der Waals surface area (Å²) in [6.07, 6.45) is 5.30. The Morgan fingerprint density at radius 3 is 2.84 bits per heavy atom. The molecule has 1 saturated carbocycles. The number of hydrogen-bond donors (Lipinski definition) is 2. The molecule has 1 heterocycles.